The summed E-state index contributed by atoms with van der Waals surface area (Å²) >= 11 is 6.02. The van der Waals surface area contributed by atoms with Crippen LogP contribution in [0.3, 0.4) is 0 Å². The number of carbonyl (C=O) groups excluding carboxylic acids is 3. The van der Waals surface area contributed by atoms with E-state index < -0.39 is 5.82 Å². The molecule has 152 valence electrons. The highest BCUT2D eigenvalue weighted by Crippen LogP contribution is 2.21. The first kappa shape index (κ1) is 20.4. The van der Waals surface area contributed by atoms with Crippen molar-refractivity contribution in [3.05, 3.63) is 34.6 Å². The maximum absolute atomic E-state index is 13.1. The van der Waals surface area contributed by atoms with E-state index in [1.54, 1.807) is 11.0 Å². The minimum absolute atomic E-state index is 0.00483. The van der Waals surface area contributed by atoms with Crippen LogP contribution in [-0.2, 0) is 16.1 Å². The predicted molar refractivity (Wildman–Crippen MR) is 102 cm³/mol. The van der Waals surface area contributed by atoms with E-state index in [1.807, 2.05) is 4.90 Å². The van der Waals surface area contributed by atoms with Crippen LogP contribution in [0.4, 0.5) is 9.18 Å². The first-order valence-electron chi connectivity index (χ1n) is 9.46. The summed E-state index contributed by atoms with van der Waals surface area (Å²) in [5.74, 6) is -0.466. The summed E-state index contributed by atoms with van der Waals surface area (Å²) in [6.45, 7) is 3.12. The summed E-state index contributed by atoms with van der Waals surface area (Å²) in [6.07, 6.45) is 2.21. The number of urea groups is 1. The lowest BCUT2D eigenvalue weighted by molar-refractivity contribution is -0.127. The van der Waals surface area contributed by atoms with Crippen LogP contribution >= 0.6 is 11.6 Å². The number of halogens is 2. The smallest absolute Gasteiger partial charge is 0.320 e. The summed E-state index contributed by atoms with van der Waals surface area (Å²) in [5, 5.41) is 3.07. The number of amides is 4. The fourth-order valence-corrected chi connectivity index (χ4v) is 3.68. The Labute approximate surface area is 168 Å². The number of hydrogen-bond acceptors (Lipinski definition) is 3. The van der Waals surface area contributed by atoms with E-state index in [-0.39, 0.29) is 36.0 Å². The van der Waals surface area contributed by atoms with Crippen LogP contribution in [0.25, 0.3) is 0 Å². The van der Waals surface area contributed by atoms with Crippen molar-refractivity contribution in [1.82, 2.24) is 20.0 Å². The molecular formula is C19H24ClFN4O3. The van der Waals surface area contributed by atoms with E-state index in [2.05, 4.69) is 5.32 Å². The molecule has 2 aliphatic heterocycles. The maximum Gasteiger partial charge on any atom is 0.320 e. The quantitative estimate of drug-likeness (QED) is 0.665. The molecule has 2 aliphatic rings. The van der Waals surface area contributed by atoms with E-state index in [9.17, 15) is 18.8 Å². The number of nitrogens with one attached hydrogen (secondary N) is 1. The average Bonchev–Trinajstić information content (AvgIpc) is 3.21. The molecule has 0 saturated carbocycles. The van der Waals surface area contributed by atoms with Crippen LogP contribution in [0.1, 0.15) is 24.8 Å². The normalized spacial score (nSPS) is 17.0. The van der Waals surface area contributed by atoms with Crippen molar-refractivity contribution in [3.8, 4) is 0 Å². The van der Waals surface area contributed by atoms with E-state index >= 15 is 0 Å². The third kappa shape index (κ3) is 5.13. The van der Waals surface area contributed by atoms with Crippen LogP contribution in [0.2, 0.25) is 5.02 Å². The number of hydrogen-bond donors (Lipinski definition) is 1. The van der Waals surface area contributed by atoms with Gasteiger partial charge < -0.3 is 20.0 Å². The van der Waals surface area contributed by atoms with Gasteiger partial charge >= 0.3 is 6.03 Å². The molecule has 1 aromatic carbocycles. The molecule has 0 unspecified atom stereocenters. The van der Waals surface area contributed by atoms with Crippen molar-refractivity contribution in [1.29, 1.82) is 0 Å². The Kier molecular flexibility index (Phi) is 6.72. The predicted octanol–water partition coefficient (Wildman–Crippen LogP) is 1.85. The van der Waals surface area contributed by atoms with Crippen molar-refractivity contribution in [2.45, 2.75) is 25.8 Å². The number of carbonyl (C=O) groups is 3. The van der Waals surface area contributed by atoms with E-state index in [0.29, 0.717) is 44.6 Å². The fourth-order valence-electron chi connectivity index (χ4n) is 3.45. The third-order valence-corrected chi connectivity index (χ3v) is 5.34. The molecular weight excluding hydrogens is 387 g/mol. The lowest BCUT2D eigenvalue weighted by atomic mass is 10.2. The molecule has 2 saturated heterocycles. The Balaban J connectivity index is 1.39. The highest BCUT2D eigenvalue weighted by Gasteiger charge is 2.30. The third-order valence-electron chi connectivity index (χ3n) is 4.99. The summed E-state index contributed by atoms with van der Waals surface area (Å²) < 4.78 is 13.1. The second kappa shape index (κ2) is 9.23. The zero-order valence-electron chi connectivity index (χ0n) is 15.6. The van der Waals surface area contributed by atoms with Crippen LogP contribution in [0.15, 0.2) is 18.2 Å². The Morgan fingerprint density at radius 2 is 1.93 bits per heavy atom. The van der Waals surface area contributed by atoms with Gasteiger partial charge in [0.25, 0.3) is 0 Å². The molecule has 1 N–H and O–H groups in total. The first-order valence-corrected chi connectivity index (χ1v) is 9.84. The number of rotatable bonds is 8. The maximum atomic E-state index is 13.1. The molecule has 2 fully saturated rings. The van der Waals surface area contributed by atoms with Gasteiger partial charge in [0.1, 0.15) is 12.4 Å². The topological polar surface area (TPSA) is 73.0 Å². The molecule has 28 heavy (non-hydrogen) atoms. The van der Waals surface area contributed by atoms with Crippen molar-refractivity contribution in [3.63, 3.8) is 0 Å². The molecule has 0 aromatic heterocycles. The van der Waals surface area contributed by atoms with Crippen LogP contribution in [0, 0.1) is 5.82 Å². The molecule has 1 aromatic rings. The summed E-state index contributed by atoms with van der Waals surface area (Å²) in [6, 6.07) is 3.85. The Bertz CT molecular complexity index is 761. The molecule has 0 spiro atoms. The van der Waals surface area contributed by atoms with Gasteiger partial charge in [0.2, 0.25) is 11.8 Å². The largest absolute Gasteiger partial charge is 0.354 e. The monoisotopic (exact) mass is 410 g/mol. The van der Waals surface area contributed by atoms with Gasteiger partial charge in [0.15, 0.2) is 0 Å². The Hall–Kier alpha value is -2.35. The van der Waals surface area contributed by atoms with Gasteiger partial charge in [0, 0.05) is 50.7 Å². The van der Waals surface area contributed by atoms with Crippen molar-refractivity contribution >= 4 is 29.4 Å². The van der Waals surface area contributed by atoms with Gasteiger partial charge in [-0.15, -0.1) is 0 Å². The van der Waals surface area contributed by atoms with Gasteiger partial charge in [-0.1, -0.05) is 17.7 Å². The standard InChI is InChI=1S/C19H24ClFN4O3/c20-16-11-15(21)5-4-14(16)12-24-9-10-25(19(24)28)13-17(26)22-6-2-8-23-7-1-3-18(23)27/h4-5,11H,1-3,6-10,12-13H2,(H,22,26). The molecule has 2 heterocycles. The minimum Gasteiger partial charge on any atom is -0.354 e. The lowest BCUT2D eigenvalue weighted by Crippen LogP contribution is -2.40. The zero-order chi connectivity index (χ0) is 20.1. The van der Waals surface area contributed by atoms with E-state index in [1.165, 1.54) is 17.0 Å². The van der Waals surface area contributed by atoms with Gasteiger partial charge in [-0.25, -0.2) is 9.18 Å². The molecule has 4 amide bonds. The van der Waals surface area contributed by atoms with Gasteiger partial charge in [-0.05, 0) is 30.5 Å². The lowest BCUT2D eigenvalue weighted by Gasteiger charge is -2.19. The van der Waals surface area contributed by atoms with Gasteiger partial charge in [-0.3, -0.25) is 9.59 Å². The second-order valence-corrected chi connectivity index (χ2v) is 7.46. The van der Waals surface area contributed by atoms with Crippen LogP contribution in [0.5, 0.6) is 0 Å². The van der Waals surface area contributed by atoms with Crippen LogP contribution in [-0.4, -0.2) is 71.8 Å². The highest BCUT2D eigenvalue weighted by atomic mass is 35.5. The van der Waals surface area contributed by atoms with E-state index in [4.69, 9.17) is 11.6 Å². The minimum atomic E-state index is -0.422. The van der Waals surface area contributed by atoms with Crippen LogP contribution < -0.4 is 5.32 Å². The Morgan fingerprint density at radius 3 is 2.64 bits per heavy atom. The molecule has 3 rings (SSSR count). The van der Waals surface area contributed by atoms with Crippen molar-refractivity contribution in [2.24, 2.45) is 0 Å². The number of likely N-dealkylation sites (tertiary alicyclic amines) is 1. The zero-order valence-corrected chi connectivity index (χ0v) is 16.4. The number of benzene rings is 1. The Morgan fingerprint density at radius 1 is 1.14 bits per heavy atom. The van der Waals surface area contributed by atoms with E-state index in [0.717, 1.165) is 13.0 Å². The summed E-state index contributed by atoms with van der Waals surface area (Å²) in [5.41, 5.74) is 0.666. The molecule has 7 nitrogen and oxygen atoms in total. The highest BCUT2D eigenvalue weighted by molar-refractivity contribution is 6.31. The second-order valence-electron chi connectivity index (χ2n) is 7.05. The first-order chi connectivity index (χ1) is 13.4. The van der Waals surface area contributed by atoms with Crippen molar-refractivity contribution in [2.75, 3.05) is 39.3 Å². The molecule has 0 radical (unpaired) electrons. The average molecular weight is 411 g/mol. The van der Waals surface area contributed by atoms with Crippen molar-refractivity contribution < 1.29 is 18.8 Å². The molecule has 0 aliphatic carbocycles. The summed E-state index contributed by atoms with van der Waals surface area (Å²) in [4.78, 5) is 41.0. The van der Waals surface area contributed by atoms with Gasteiger partial charge in [0.05, 0.1) is 0 Å². The molecule has 0 bridgehead atoms. The number of nitrogens with zero attached hydrogens (tertiary/aromatic N) is 3. The van der Waals surface area contributed by atoms with Gasteiger partial charge in [-0.2, -0.15) is 0 Å². The molecule has 0 atom stereocenters. The fraction of sp³-hybridized carbons (Fsp3) is 0.526. The summed E-state index contributed by atoms with van der Waals surface area (Å²) in [7, 11) is 0. The molecule has 9 heteroatoms. The SMILES string of the molecule is O=C(CN1CCN(Cc2ccc(F)cc2Cl)C1=O)NCCCN1CCCC1=O.